The van der Waals surface area contributed by atoms with Gasteiger partial charge in [-0.2, -0.15) is 0 Å². The smallest absolute Gasteiger partial charge is 0.281 e. The molecule has 0 atom stereocenters. The van der Waals surface area contributed by atoms with Crippen LogP contribution in [0.1, 0.15) is 12.1 Å². The molecule has 4 N–H and O–H groups in total. The van der Waals surface area contributed by atoms with Gasteiger partial charge >= 0.3 is 0 Å². The zero-order chi connectivity index (χ0) is 11.8. The standard InChI is InChI=1S/C6H6F2IN3O2S/c7-6(8)4-5(15(11,13)14)2(10)1-3(9)12-4/h1,6H,(H2,10,12)(H2,11,13,14). The second-order valence-electron chi connectivity index (χ2n) is 2.59. The van der Waals surface area contributed by atoms with Gasteiger partial charge in [0.15, 0.2) is 0 Å². The molecule has 0 aliphatic rings. The summed E-state index contributed by atoms with van der Waals surface area (Å²) < 4.78 is 47.2. The molecule has 1 rings (SSSR count). The molecular formula is C6H6F2IN3O2S. The predicted octanol–water partition coefficient (Wildman–Crippen LogP) is 0.853. The highest BCUT2D eigenvalue weighted by Crippen LogP contribution is 2.29. The number of rotatable bonds is 2. The van der Waals surface area contributed by atoms with Crippen molar-refractivity contribution in [3.63, 3.8) is 0 Å². The van der Waals surface area contributed by atoms with Crippen LogP contribution in [0.3, 0.4) is 0 Å². The minimum atomic E-state index is -4.30. The van der Waals surface area contributed by atoms with Gasteiger partial charge in [-0.3, -0.25) is 0 Å². The molecule has 1 aromatic rings. The van der Waals surface area contributed by atoms with Crippen molar-refractivity contribution < 1.29 is 17.2 Å². The fourth-order valence-corrected chi connectivity index (χ4v) is 2.41. The number of anilines is 1. The maximum Gasteiger partial charge on any atom is 0.281 e. The molecule has 0 fully saturated rings. The summed E-state index contributed by atoms with van der Waals surface area (Å²) in [6, 6.07) is 1.16. The number of alkyl halides is 2. The molecule has 5 nitrogen and oxygen atoms in total. The minimum absolute atomic E-state index is 0.174. The van der Waals surface area contributed by atoms with E-state index in [2.05, 4.69) is 4.98 Å². The first kappa shape index (κ1) is 12.5. The first-order chi connectivity index (χ1) is 6.73. The summed E-state index contributed by atoms with van der Waals surface area (Å²) in [5.74, 6) is 0. The highest BCUT2D eigenvalue weighted by molar-refractivity contribution is 14.1. The van der Waals surface area contributed by atoms with E-state index in [1.54, 1.807) is 22.6 Å². The SMILES string of the molecule is Nc1cc(I)nc(C(F)F)c1S(N)(=O)=O. The van der Waals surface area contributed by atoms with Gasteiger partial charge in [0, 0.05) is 0 Å². The molecule has 1 aromatic heterocycles. The van der Waals surface area contributed by atoms with Crippen LogP contribution >= 0.6 is 22.6 Å². The second-order valence-corrected chi connectivity index (χ2v) is 5.20. The second kappa shape index (κ2) is 4.14. The van der Waals surface area contributed by atoms with Gasteiger partial charge in [0.25, 0.3) is 6.43 Å². The Morgan fingerprint density at radius 1 is 1.47 bits per heavy atom. The highest BCUT2D eigenvalue weighted by atomic mass is 127. The molecule has 0 radical (unpaired) electrons. The molecule has 0 aliphatic heterocycles. The molecule has 0 spiro atoms. The summed E-state index contributed by atoms with van der Waals surface area (Å²) >= 11 is 1.65. The number of halogens is 3. The number of nitrogen functional groups attached to an aromatic ring is 1. The van der Waals surface area contributed by atoms with Crippen molar-refractivity contribution in [1.29, 1.82) is 0 Å². The van der Waals surface area contributed by atoms with Gasteiger partial charge in [-0.15, -0.1) is 0 Å². The number of pyridine rings is 1. The maximum atomic E-state index is 12.5. The van der Waals surface area contributed by atoms with E-state index in [9.17, 15) is 17.2 Å². The van der Waals surface area contributed by atoms with Gasteiger partial charge in [0.1, 0.15) is 14.3 Å². The number of sulfonamides is 1. The van der Waals surface area contributed by atoms with Crippen molar-refractivity contribution in [1.82, 2.24) is 4.98 Å². The van der Waals surface area contributed by atoms with Crippen LogP contribution in [0.5, 0.6) is 0 Å². The summed E-state index contributed by atoms with van der Waals surface area (Å²) in [6.45, 7) is 0. The first-order valence-corrected chi connectivity index (χ1v) is 6.13. The fraction of sp³-hybridized carbons (Fsp3) is 0.167. The Balaban J connectivity index is 3.62. The van der Waals surface area contributed by atoms with Crippen molar-refractivity contribution in [3.8, 4) is 0 Å². The van der Waals surface area contributed by atoms with Crippen LogP contribution in [0.15, 0.2) is 11.0 Å². The average Bonchev–Trinajstić information content (AvgIpc) is 1.99. The summed E-state index contributed by atoms with van der Waals surface area (Å²) in [6.07, 6.45) is -3.05. The number of nitrogens with zero attached hydrogens (tertiary/aromatic N) is 1. The van der Waals surface area contributed by atoms with Gasteiger partial charge in [-0.25, -0.2) is 27.3 Å². The molecule has 0 bridgehead atoms. The normalized spacial score (nSPS) is 12.1. The number of hydrogen-bond donors (Lipinski definition) is 2. The molecule has 0 saturated carbocycles. The van der Waals surface area contributed by atoms with Crippen LogP contribution in [0, 0.1) is 3.70 Å². The van der Waals surface area contributed by atoms with Crippen LogP contribution in [-0.4, -0.2) is 13.4 Å². The van der Waals surface area contributed by atoms with Crippen LogP contribution in [0.25, 0.3) is 0 Å². The van der Waals surface area contributed by atoms with E-state index >= 15 is 0 Å². The summed E-state index contributed by atoms with van der Waals surface area (Å²) in [5.41, 5.74) is 4.07. The lowest BCUT2D eigenvalue weighted by molar-refractivity contribution is 0.142. The third-order valence-corrected chi connectivity index (χ3v) is 3.05. The van der Waals surface area contributed by atoms with E-state index in [0.29, 0.717) is 0 Å². The largest absolute Gasteiger partial charge is 0.397 e. The van der Waals surface area contributed by atoms with Gasteiger partial charge in [-0.1, -0.05) is 0 Å². The quantitative estimate of drug-likeness (QED) is 0.611. The van der Waals surface area contributed by atoms with Crippen LogP contribution < -0.4 is 10.9 Å². The number of hydrogen-bond acceptors (Lipinski definition) is 4. The monoisotopic (exact) mass is 349 g/mol. The molecule has 0 saturated heterocycles. The van der Waals surface area contributed by atoms with Gasteiger partial charge in [0.05, 0.1) is 5.69 Å². The first-order valence-electron chi connectivity index (χ1n) is 3.50. The third-order valence-electron chi connectivity index (χ3n) is 1.49. The number of aromatic nitrogens is 1. The third kappa shape index (κ3) is 2.72. The highest BCUT2D eigenvalue weighted by Gasteiger charge is 2.25. The van der Waals surface area contributed by atoms with Crippen molar-refractivity contribution in [3.05, 3.63) is 15.5 Å². The number of primary sulfonamides is 1. The Morgan fingerprint density at radius 2 is 2.00 bits per heavy atom. The Morgan fingerprint density at radius 3 is 2.40 bits per heavy atom. The molecule has 0 unspecified atom stereocenters. The molecule has 84 valence electrons. The minimum Gasteiger partial charge on any atom is -0.397 e. The van der Waals surface area contributed by atoms with E-state index < -0.39 is 27.0 Å². The zero-order valence-corrected chi connectivity index (χ0v) is 10.1. The topological polar surface area (TPSA) is 99.1 Å². The van der Waals surface area contributed by atoms with Crippen molar-refractivity contribution in [2.24, 2.45) is 5.14 Å². The molecule has 0 aromatic carbocycles. The predicted molar refractivity (Wildman–Crippen MR) is 57.7 cm³/mol. The number of nitrogens with two attached hydrogens (primary N) is 2. The van der Waals surface area contributed by atoms with E-state index in [0.717, 1.165) is 6.07 Å². The fourth-order valence-electron chi connectivity index (χ4n) is 0.998. The van der Waals surface area contributed by atoms with Crippen LogP contribution in [0.2, 0.25) is 0 Å². The average molecular weight is 349 g/mol. The van der Waals surface area contributed by atoms with E-state index in [-0.39, 0.29) is 9.39 Å². The molecule has 9 heteroatoms. The Labute approximate surface area is 98.0 Å². The summed E-state index contributed by atoms with van der Waals surface area (Å²) in [5, 5.41) is 4.76. The Kier molecular flexibility index (Phi) is 3.45. The van der Waals surface area contributed by atoms with Crippen LogP contribution in [0.4, 0.5) is 14.5 Å². The zero-order valence-electron chi connectivity index (χ0n) is 7.12. The van der Waals surface area contributed by atoms with E-state index in [1.807, 2.05) is 0 Å². The molecule has 1 heterocycles. The van der Waals surface area contributed by atoms with Gasteiger partial charge < -0.3 is 5.73 Å². The lowest BCUT2D eigenvalue weighted by Gasteiger charge is -2.09. The lowest BCUT2D eigenvalue weighted by Crippen LogP contribution is -2.18. The van der Waals surface area contributed by atoms with Crippen molar-refractivity contribution in [2.75, 3.05) is 5.73 Å². The molecule has 0 amide bonds. The van der Waals surface area contributed by atoms with Gasteiger partial charge in [-0.05, 0) is 28.7 Å². The Hall–Kier alpha value is -0.550. The lowest BCUT2D eigenvalue weighted by atomic mass is 10.3. The molecule has 0 aliphatic carbocycles. The van der Waals surface area contributed by atoms with Crippen molar-refractivity contribution >= 4 is 38.3 Å². The Bertz CT molecular complexity index is 491. The summed E-state index contributed by atoms with van der Waals surface area (Å²) in [4.78, 5) is 2.59. The van der Waals surface area contributed by atoms with Crippen LogP contribution in [-0.2, 0) is 10.0 Å². The van der Waals surface area contributed by atoms with Gasteiger partial charge in [0.2, 0.25) is 10.0 Å². The molecular weight excluding hydrogens is 343 g/mol. The van der Waals surface area contributed by atoms with E-state index in [4.69, 9.17) is 10.9 Å². The van der Waals surface area contributed by atoms with Crippen molar-refractivity contribution in [2.45, 2.75) is 11.3 Å². The maximum absolute atomic E-state index is 12.5. The van der Waals surface area contributed by atoms with E-state index in [1.165, 1.54) is 0 Å². The molecule has 15 heavy (non-hydrogen) atoms. The summed E-state index contributed by atoms with van der Waals surface area (Å²) in [7, 11) is -4.30.